The molecule has 1 atom stereocenters. The zero-order valence-corrected chi connectivity index (χ0v) is 18.3. The number of benzene rings is 2. The number of carbonyl (C=O) groups is 1. The number of rotatable bonds is 5. The lowest BCUT2D eigenvalue weighted by Crippen LogP contribution is -2.32. The van der Waals surface area contributed by atoms with Gasteiger partial charge >= 0.3 is 0 Å². The number of methoxy groups -OCH3 is 1. The van der Waals surface area contributed by atoms with Gasteiger partial charge in [-0.15, -0.1) is 0 Å². The highest BCUT2D eigenvalue weighted by Gasteiger charge is 2.31. The molecule has 1 saturated heterocycles. The first-order valence-electron chi connectivity index (χ1n) is 10.2. The summed E-state index contributed by atoms with van der Waals surface area (Å²) in [6, 6.07) is 15.7. The lowest BCUT2D eigenvalue weighted by Gasteiger charge is -2.25. The number of aryl methyl sites for hydroxylation is 1. The summed E-state index contributed by atoms with van der Waals surface area (Å²) in [7, 11) is 1.67. The molecule has 1 amide bonds. The topological polar surface area (TPSA) is 47.4 Å². The Balaban J connectivity index is 1.57. The highest BCUT2D eigenvalue weighted by molar-refractivity contribution is 6.30. The Morgan fingerprint density at radius 2 is 1.97 bits per heavy atom. The van der Waals surface area contributed by atoms with E-state index in [9.17, 15) is 4.79 Å². The van der Waals surface area contributed by atoms with Crippen LogP contribution >= 0.6 is 11.6 Å². The molecule has 4 rings (SSSR count). The smallest absolute Gasteiger partial charge is 0.227 e. The molecule has 0 spiro atoms. The van der Waals surface area contributed by atoms with E-state index in [2.05, 4.69) is 11.2 Å². The van der Waals surface area contributed by atoms with E-state index >= 15 is 0 Å². The normalized spacial score (nSPS) is 16.1. The van der Waals surface area contributed by atoms with E-state index in [0.717, 1.165) is 53.3 Å². The van der Waals surface area contributed by atoms with E-state index in [4.69, 9.17) is 16.3 Å². The van der Waals surface area contributed by atoms with Crippen molar-refractivity contribution in [2.45, 2.75) is 39.2 Å². The first kappa shape index (κ1) is 20.5. The van der Waals surface area contributed by atoms with Crippen LogP contribution in [0.5, 0.6) is 5.75 Å². The summed E-state index contributed by atoms with van der Waals surface area (Å²) >= 11 is 6.01. The van der Waals surface area contributed by atoms with Crippen molar-refractivity contribution in [3.05, 3.63) is 76.1 Å². The zero-order valence-electron chi connectivity index (χ0n) is 17.6. The summed E-state index contributed by atoms with van der Waals surface area (Å²) < 4.78 is 7.25. The highest BCUT2D eigenvalue weighted by Crippen LogP contribution is 2.34. The van der Waals surface area contributed by atoms with Gasteiger partial charge in [0.25, 0.3) is 0 Å². The van der Waals surface area contributed by atoms with Crippen molar-refractivity contribution in [1.29, 1.82) is 0 Å². The van der Waals surface area contributed by atoms with Crippen LogP contribution in [0.3, 0.4) is 0 Å². The number of hydrogen-bond donors (Lipinski definition) is 0. The fourth-order valence-corrected chi connectivity index (χ4v) is 4.40. The van der Waals surface area contributed by atoms with Crippen LogP contribution in [-0.2, 0) is 11.2 Å². The van der Waals surface area contributed by atoms with E-state index in [1.807, 2.05) is 65.9 Å². The van der Waals surface area contributed by atoms with Crippen LogP contribution in [0.25, 0.3) is 5.69 Å². The summed E-state index contributed by atoms with van der Waals surface area (Å²) in [6.07, 6.45) is 2.34. The lowest BCUT2D eigenvalue weighted by molar-refractivity contribution is -0.131. The van der Waals surface area contributed by atoms with Crippen LogP contribution in [0.15, 0.2) is 48.5 Å². The molecule has 0 saturated carbocycles. The van der Waals surface area contributed by atoms with Gasteiger partial charge in [0.1, 0.15) is 5.75 Å². The van der Waals surface area contributed by atoms with Gasteiger partial charge in [-0.25, -0.2) is 4.68 Å². The average Bonchev–Trinajstić information content (AvgIpc) is 3.35. The molecule has 156 valence electrons. The SMILES string of the molecule is COc1cccc(C2CCCN2C(=O)Cc2c(C)nn(-c3ccc(Cl)cc3)c2C)c1. The van der Waals surface area contributed by atoms with Gasteiger partial charge in [-0.2, -0.15) is 5.10 Å². The molecule has 1 aliphatic rings. The Kier molecular flexibility index (Phi) is 5.82. The van der Waals surface area contributed by atoms with Crippen LogP contribution in [0.4, 0.5) is 0 Å². The van der Waals surface area contributed by atoms with Crippen molar-refractivity contribution >= 4 is 17.5 Å². The van der Waals surface area contributed by atoms with E-state index in [0.29, 0.717) is 11.4 Å². The number of ether oxygens (including phenoxy) is 1. The Morgan fingerprint density at radius 3 is 2.70 bits per heavy atom. The van der Waals surface area contributed by atoms with Gasteiger partial charge in [0, 0.05) is 22.8 Å². The second-order valence-electron chi connectivity index (χ2n) is 7.74. The molecule has 0 bridgehead atoms. The zero-order chi connectivity index (χ0) is 21.3. The van der Waals surface area contributed by atoms with Crippen LogP contribution in [0.2, 0.25) is 5.02 Å². The molecule has 2 heterocycles. The maximum Gasteiger partial charge on any atom is 0.227 e. The van der Waals surface area contributed by atoms with E-state index in [1.54, 1.807) is 7.11 Å². The summed E-state index contributed by atoms with van der Waals surface area (Å²) in [6.45, 7) is 4.76. The Hall–Kier alpha value is -2.79. The van der Waals surface area contributed by atoms with Gasteiger partial charge in [0.2, 0.25) is 5.91 Å². The molecule has 2 aromatic carbocycles. The predicted molar refractivity (Wildman–Crippen MR) is 118 cm³/mol. The minimum atomic E-state index is 0.0968. The maximum absolute atomic E-state index is 13.3. The van der Waals surface area contributed by atoms with E-state index < -0.39 is 0 Å². The second-order valence-corrected chi connectivity index (χ2v) is 8.17. The van der Waals surface area contributed by atoms with Crippen molar-refractivity contribution in [1.82, 2.24) is 14.7 Å². The number of halogens is 1. The van der Waals surface area contributed by atoms with Gasteiger partial charge in [-0.3, -0.25) is 4.79 Å². The average molecular weight is 424 g/mol. The Bertz CT molecular complexity index is 1060. The maximum atomic E-state index is 13.3. The minimum absolute atomic E-state index is 0.0968. The van der Waals surface area contributed by atoms with Crippen molar-refractivity contribution < 1.29 is 9.53 Å². The minimum Gasteiger partial charge on any atom is -0.497 e. The summed E-state index contributed by atoms with van der Waals surface area (Å²) in [5, 5.41) is 5.36. The third kappa shape index (κ3) is 3.94. The van der Waals surface area contributed by atoms with E-state index in [1.165, 1.54) is 0 Å². The molecule has 5 nitrogen and oxygen atoms in total. The fourth-order valence-electron chi connectivity index (χ4n) is 4.28. The highest BCUT2D eigenvalue weighted by atomic mass is 35.5. The first-order valence-corrected chi connectivity index (χ1v) is 10.6. The Morgan fingerprint density at radius 1 is 1.20 bits per heavy atom. The standard InChI is InChI=1S/C24H26ClN3O2/c1-16-22(17(2)28(26-16)20-11-9-19(25)10-12-20)15-24(29)27-13-5-8-23(27)18-6-4-7-21(14-18)30-3/h4,6-7,9-12,14,23H,5,8,13,15H2,1-3H3. The third-order valence-corrected chi connectivity index (χ3v) is 6.14. The Labute approximate surface area is 182 Å². The van der Waals surface area contributed by atoms with Gasteiger partial charge in [0.15, 0.2) is 0 Å². The van der Waals surface area contributed by atoms with Gasteiger partial charge in [0.05, 0.1) is 31.0 Å². The quantitative estimate of drug-likeness (QED) is 0.576. The molecule has 1 aliphatic heterocycles. The molecule has 6 heteroatoms. The molecule has 30 heavy (non-hydrogen) atoms. The number of carbonyl (C=O) groups excluding carboxylic acids is 1. The second kappa shape index (κ2) is 8.52. The van der Waals surface area contributed by atoms with Crippen LogP contribution < -0.4 is 4.74 Å². The van der Waals surface area contributed by atoms with Crippen molar-refractivity contribution in [2.75, 3.05) is 13.7 Å². The lowest BCUT2D eigenvalue weighted by atomic mass is 10.0. The fraction of sp³-hybridized carbons (Fsp3) is 0.333. The van der Waals surface area contributed by atoms with Gasteiger partial charge < -0.3 is 9.64 Å². The van der Waals surface area contributed by atoms with Gasteiger partial charge in [-0.05, 0) is 68.7 Å². The summed E-state index contributed by atoms with van der Waals surface area (Å²) in [5.41, 5.74) is 4.93. The van der Waals surface area contributed by atoms with Crippen LogP contribution in [-0.4, -0.2) is 34.2 Å². The molecular formula is C24H26ClN3O2. The summed E-state index contributed by atoms with van der Waals surface area (Å²) in [5.74, 6) is 0.963. The number of likely N-dealkylation sites (tertiary alicyclic amines) is 1. The third-order valence-electron chi connectivity index (χ3n) is 5.89. The number of amides is 1. The molecule has 0 radical (unpaired) electrons. The van der Waals surface area contributed by atoms with Crippen LogP contribution in [0.1, 0.15) is 41.4 Å². The van der Waals surface area contributed by atoms with Gasteiger partial charge in [-0.1, -0.05) is 23.7 Å². The monoisotopic (exact) mass is 423 g/mol. The van der Waals surface area contributed by atoms with Crippen molar-refractivity contribution in [2.24, 2.45) is 0 Å². The number of aromatic nitrogens is 2. The number of hydrogen-bond acceptors (Lipinski definition) is 3. The predicted octanol–water partition coefficient (Wildman–Crippen LogP) is 5.06. The molecule has 1 unspecified atom stereocenters. The number of nitrogens with zero attached hydrogens (tertiary/aromatic N) is 3. The van der Waals surface area contributed by atoms with Crippen molar-refractivity contribution in [3.63, 3.8) is 0 Å². The molecule has 0 aliphatic carbocycles. The molecular weight excluding hydrogens is 398 g/mol. The van der Waals surface area contributed by atoms with Crippen LogP contribution in [0, 0.1) is 13.8 Å². The first-order chi connectivity index (χ1) is 14.5. The molecule has 3 aromatic rings. The molecule has 1 fully saturated rings. The molecule has 1 aromatic heterocycles. The summed E-state index contributed by atoms with van der Waals surface area (Å²) in [4.78, 5) is 15.3. The van der Waals surface area contributed by atoms with Crippen molar-refractivity contribution in [3.8, 4) is 11.4 Å². The largest absolute Gasteiger partial charge is 0.497 e. The van der Waals surface area contributed by atoms with E-state index in [-0.39, 0.29) is 11.9 Å². The molecule has 0 N–H and O–H groups in total.